The highest BCUT2D eigenvalue weighted by atomic mass is 35.5. The molecule has 19 heavy (non-hydrogen) atoms. The molecule has 0 atom stereocenters. The third-order valence-electron chi connectivity index (χ3n) is 2.23. The zero-order valence-electron chi connectivity index (χ0n) is 9.83. The molecule has 0 amide bonds. The number of hydrogen-bond acceptors (Lipinski definition) is 5. The number of methoxy groups -OCH3 is 1. The molecule has 0 spiro atoms. The second kappa shape index (κ2) is 5.53. The quantitative estimate of drug-likeness (QED) is 0.927. The molecular weight excluding hydrogens is 272 g/mol. The van der Waals surface area contributed by atoms with E-state index in [1.165, 1.54) is 31.6 Å². The third-order valence-corrected chi connectivity index (χ3v) is 2.52. The van der Waals surface area contributed by atoms with Crippen LogP contribution in [0.4, 0.5) is 0 Å². The number of carbonyl (C=O) groups is 1. The van der Waals surface area contributed by atoms with E-state index >= 15 is 0 Å². The van der Waals surface area contributed by atoms with Crippen molar-refractivity contribution in [1.29, 1.82) is 0 Å². The molecule has 0 radical (unpaired) electrons. The predicted molar refractivity (Wildman–Crippen MR) is 67.1 cm³/mol. The van der Waals surface area contributed by atoms with Gasteiger partial charge in [0.15, 0.2) is 0 Å². The van der Waals surface area contributed by atoms with Gasteiger partial charge in [-0.05, 0) is 12.1 Å². The maximum Gasteiger partial charge on any atom is 0.339 e. The lowest BCUT2D eigenvalue weighted by molar-refractivity contribution is 0.0694. The van der Waals surface area contributed by atoms with Gasteiger partial charge < -0.3 is 14.6 Å². The van der Waals surface area contributed by atoms with Crippen LogP contribution in [-0.2, 0) is 0 Å². The Morgan fingerprint density at radius 2 is 1.95 bits per heavy atom. The minimum Gasteiger partial charge on any atom is -0.495 e. The predicted octanol–water partition coefficient (Wildman–Crippen LogP) is 2.63. The van der Waals surface area contributed by atoms with E-state index in [1.807, 2.05) is 0 Å². The Kier molecular flexibility index (Phi) is 3.82. The summed E-state index contributed by atoms with van der Waals surface area (Å²) in [4.78, 5) is 18.8. The van der Waals surface area contributed by atoms with Crippen LogP contribution >= 0.6 is 11.6 Å². The summed E-state index contributed by atoms with van der Waals surface area (Å²) in [5.41, 5.74) is -0.0988. The first-order valence-corrected chi connectivity index (χ1v) is 5.55. The van der Waals surface area contributed by atoms with Crippen LogP contribution in [0, 0.1) is 0 Å². The maximum absolute atomic E-state index is 11.1. The Morgan fingerprint density at radius 1 is 1.26 bits per heavy atom. The highest BCUT2D eigenvalue weighted by molar-refractivity contribution is 6.32. The number of benzene rings is 1. The van der Waals surface area contributed by atoms with Crippen molar-refractivity contribution in [3.05, 3.63) is 41.2 Å². The van der Waals surface area contributed by atoms with Crippen molar-refractivity contribution in [2.24, 2.45) is 0 Å². The molecule has 0 aliphatic heterocycles. The van der Waals surface area contributed by atoms with Gasteiger partial charge in [-0.15, -0.1) is 0 Å². The molecule has 0 aliphatic carbocycles. The molecule has 0 saturated carbocycles. The van der Waals surface area contributed by atoms with E-state index in [0.717, 1.165) is 0 Å². The Labute approximate surface area is 113 Å². The molecule has 1 aromatic heterocycles. The van der Waals surface area contributed by atoms with Gasteiger partial charge in [-0.3, -0.25) is 0 Å². The number of ether oxygens (including phenoxy) is 2. The monoisotopic (exact) mass is 280 g/mol. The normalized spacial score (nSPS) is 10.0. The topological polar surface area (TPSA) is 81.5 Å². The maximum atomic E-state index is 11.1. The number of aromatic nitrogens is 2. The lowest BCUT2D eigenvalue weighted by atomic mass is 10.2. The zero-order chi connectivity index (χ0) is 13.8. The molecule has 2 rings (SSSR count). The first-order valence-electron chi connectivity index (χ1n) is 5.17. The molecule has 98 valence electrons. The van der Waals surface area contributed by atoms with Gasteiger partial charge in [-0.1, -0.05) is 11.6 Å². The molecule has 6 nitrogen and oxygen atoms in total. The van der Waals surface area contributed by atoms with E-state index in [2.05, 4.69) is 9.97 Å². The van der Waals surface area contributed by atoms with Gasteiger partial charge in [0, 0.05) is 18.5 Å². The number of carboxylic acids is 1. The molecule has 0 aliphatic rings. The van der Waals surface area contributed by atoms with Crippen LogP contribution < -0.4 is 9.47 Å². The first-order chi connectivity index (χ1) is 9.11. The summed E-state index contributed by atoms with van der Waals surface area (Å²) in [5, 5.41) is 9.29. The lowest BCUT2D eigenvalue weighted by Crippen LogP contribution is -2.02. The van der Waals surface area contributed by atoms with Crippen molar-refractivity contribution in [3.8, 4) is 17.5 Å². The van der Waals surface area contributed by atoms with Crippen LogP contribution in [-0.4, -0.2) is 28.2 Å². The number of carboxylic acid groups (broad SMARTS) is 1. The Hall–Kier alpha value is -2.34. The summed E-state index contributed by atoms with van der Waals surface area (Å²) in [6.45, 7) is 0. The third kappa shape index (κ3) is 2.92. The van der Waals surface area contributed by atoms with Crippen LogP contribution in [0.5, 0.6) is 17.5 Å². The molecule has 2 aromatic rings. The fraction of sp³-hybridized carbons (Fsp3) is 0.0833. The summed E-state index contributed by atoms with van der Waals surface area (Å²) >= 11 is 5.87. The van der Waals surface area contributed by atoms with Gasteiger partial charge in [0.1, 0.15) is 17.1 Å². The van der Waals surface area contributed by atoms with Crippen LogP contribution in [0.1, 0.15) is 10.4 Å². The van der Waals surface area contributed by atoms with Crippen LogP contribution in [0.2, 0.25) is 5.02 Å². The number of halogens is 1. The van der Waals surface area contributed by atoms with E-state index in [1.54, 1.807) is 6.07 Å². The summed E-state index contributed by atoms with van der Waals surface area (Å²) < 4.78 is 10.3. The second-order valence-corrected chi connectivity index (χ2v) is 3.83. The van der Waals surface area contributed by atoms with Crippen molar-refractivity contribution in [3.63, 3.8) is 0 Å². The molecule has 1 aromatic carbocycles. The molecule has 0 saturated heterocycles. The highest BCUT2D eigenvalue weighted by Gasteiger charge is 2.17. The largest absolute Gasteiger partial charge is 0.495 e. The van der Waals surface area contributed by atoms with Crippen molar-refractivity contribution < 1.29 is 19.4 Å². The SMILES string of the molecule is COc1cc(Oc2ncccn2)c(C(=O)O)cc1Cl. The fourth-order valence-electron chi connectivity index (χ4n) is 1.38. The Morgan fingerprint density at radius 3 is 2.53 bits per heavy atom. The molecular formula is C12H9ClN2O4. The molecule has 0 fully saturated rings. The number of nitrogens with zero attached hydrogens (tertiary/aromatic N) is 2. The molecule has 1 heterocycles. The lowest BCUT2D eigenvalue weighted by Gasteiger charge is -2.10. The van der Waals surface area contributed by atoms with E-state index in [9.17, 15) is 4.79 Å². The van der Waals surface area contributed by atoms with E-state index in [4.69, 9.17) is 26.2 Å². The standard InChI is InChI=1S/C12H9ClN2O4/c1-18-10-6-9(7(11(16)17)5-8(10)13)19-12-14-3-2-4-15-12/h2-6H,1H3,(H,16,17). The molecule has 7 heteroatoms. The van der Waals surface area contributed by atoms with Gasteiger partial charge >= 0.3 is 12.0 Å². The smallest absolute Gasteiger partial charge is 0.339 e. The van der Waals surface area contributed by atoms with Crippen molar-refractivity contribution in [1.82, 2.24) is 9.97 Å². The van der Waals surface area contributed by atoms with E-state index in [-0.39, 0.29) is 22.3 Å². The minimum absolute atomic E-state index is 0.0365. The van der Waals surface area contributed by atoms with E-state index < -0.39 is 5.97 Å². The molecule has 0 unspecified atom stereocenters. The first kappa shape index (κ1) is 13.1. The van der Waals surface area contributed by atoms with Crippen molar-refractivity contribution >= 4 is 17.6 Å². The number of rotatable bonds is 4. The Balaban J connectivity index is 2.45. The van der Waals surface area contributed by atoms with Crippen LogP contribution in [0.3, 0.4) is 0 Å². The number of aromatic carboxylic acids is 1. The van der Waals surface area contributed by atoms with Crippen molar-refractivity contribution in [2.45, 2.75) is 0 Å². The average Bonchev–Trinajstić information content (AvgIpc) is 2.41. The van der Waals surface area contributed by atoms with Crippen LogP contribution in [0.25, 0.3) is 0 Å². The summed E-state index contributed by atoms with van der Waals surface area (Å²) in [7, 11) is 1.42. The summed E-state index contributed by atoms with van der Waals surface area (Å²) in [6.07, 6.45) is 2.96. The highest BCUT2D eigenvalue weighted by Crippen LogP contribution is 2.34. The van der Waals surface area contributed by atoms with Crippen LogP contribution in [0.15, 0.2) is 30.6 Å². The summed E-state index contributed by atoms with van der Waals surface area (Å²) in [6, 6.07) is 4.28. The average molecular weight is 281 g/mol. The zero-order valence-corrected chi connectivity index (χ0v) is 10.6. The number of hydrogen-bond donors (Lipinski definition) is 1. The van der Waals surface area contributed by atoms with Crippen molar-refractivity contribution in [2.75, 3.05) is 7.11 Å². The molecule has 1 N–H and O–H groups in total. The fourth-order valence-corrected chi connectivity index (χ4v) is 1.62. The molecule has 0 bridgehead atoms. The summed E-state index contributed by atoms with van der Waals surface area (Å²) in [5.74, 6) is -0.812. The minimum atomic E-state index is -1.17. The van der Waals surface area contributed by atoms with Gasteiger partial charge in [-0.25, -0.2) is 14.8 Å². The van der Waals surface area contributed by atoms with Gasteiger partial charge in [0.2, 0.25) is 0 Å². The van der Waals surface area contributed by atoms with Gasteiger partial charge in [0.25, 0.3) is 0 Å². The Bertz CT molecular complexity index is 604. The van der Waals surface area contributed by atoms with Gasteiger partial charge in [0.05, 0.1) is 12.1 Å². The second-order valence-electron chi connectivity index (χ2n) is 3.42. The van der Waals surface area contributed by atoms with E-state index in [0.29, 0.717) is 5.75 Å². The van der Waals surface area contributed by atoms with Gasteiger partial charge in [-0.2, -0.15) is 0 Å².